The van der Waals surface area contributed by atoms with Crippen LogP contribution in [0.1, 0.15) is 17.0 Å². The van der Waals surface area contributed by atoms with E-state index in [9.17, 15) is 0 Å². The number of hydrogen-bond acceptors (Lipinski definition) is 7. The normalized spacial score (nSPS) is 14.6. The molecule has 0 saturated carbocycles. The highest BCUT2D eigenvalue weighted by molar-refractivity contribution is 7.98. The Balaban J connectivity index is 1.76. The van der Waals surface area contributed by atoms with Gasteiger partial charge in [-0.1, -0.05) is 17.8 Å². The van der Waals surface area contributed by atoms with E-state index in [-0.39, 0.29) is 0 Å². The molecule has 3 heterocycles. The molecule has 124 valence electrons. The topological polar surface area (TPSA) is 68.9 Å². The summed E-state index contributed by atoms with van der Waals surface area (Å²) in [6.07, 6.45) is 2.00. The second kappa shape index (κ2) is 7.05. The number of thioether (sulfide) groups is 1. The third kappa shape index (κ3) is 3.29. The maximum Gasteiger partial charge on any atom is 0.189 e. The summed E-state index contributed by atoms with van der Waals surface area (Å²) in [5.74, 6) is 1.90. The lowest BCUT2D eigenvalue weighted by molar-refractivity contribution is 0.635. The molecule has 0 spiro atoms. The summed E-state index contributed by atoms with van der Waals surface area (Å²) < 4.78 is 0. The van der Waals surface area contributed by atoms with Gasteiger partial charge in [-0.3, -0.25) is 0 Å². The number of aromatic nitrogens is 3. The molecule has 0 bridgehead atoms. The standard InChI is InChI=1S/C17H20N6S/c1-12-13(2)19-17(24-3)21-16(12)23-9-7-22(8-10-23)15-6-4-5-14(11-18)20-15/h4-6H,7-10H2,1-3H3. The van der Waals surface area contributed by atoms with Gasteiger partial charge in [-0.25, -0.2) is 15.0 Å². The molecule has 0 aromatic carbocycles. The highest BCUT2D eigenvalue weighted by atomic mass is 32.2. The van der Waals surface area contributed by atoms with Gasteiger partial charge in [0.15, 0.2) is 5.16 Å². The molecule has 1 aliphatic rings. The largest absolute Gasteiger partial charge is 0.353 e. The quantitative estimate of drug-likeness (QED) is 0.628. The van der Waals surface area contributed by atoms with Gasteiger partial charge in [-0.05, 0) is 32.2 Å². The third-order valence-electron chi connectivity index (χ3n) is 4.28. The Kier molecular flexibility index (Phi) is 4.86. The van der Waals surface area contributed by atoms with Crippen LogP contribution in [-0.4, -0.2) is 47.4 Å². The maximum atomic E-state index is 9.00. The molecule has 2 aromatic heterocycles. The lowest BCUT2D eigenvalue weighted by Crippen LogP contribution is -2.47. The first-order valence-corrected chi connectivity index (χ1v) is 9.11. The van der Waals surface area contributed by atoms with Gasteiger partial charge in [0.2, 0.25) is 0 Å². The summed E-state index contributed by atoms with van der Waals surface area (Å²) in [6, 6.07) is 7.68. The van der Waals surface area contributed by atoms with E-state index >= 15 is 0 Å². The zero-order chi connectivity index (χ0) is 17.1. The summed E-state index contributed by atoms with van der Waals surface area (Å²) in [6.45, 7) is 7.60. The fraction of sp³-hybridized carbons (Fsp3) is 0.412. The van der Waals surface area contributed by atoms with Crippen molar-refractivity contribution in [1.29, 1.82) is 5.26 Å². The van der Waals surface area contributed by atoms with Crippen LogP contribution < -0.4 is 9.80 Å². The van der Waals surface area contributed by atoms with Crippen molar-refractivity contribution in [2.45, 2.75) is 19.0 Å². The molecule has 6 nitrogen and oxygen atoms in total. The monoisotopic (exact) mass is 340 g/mol. The minimum Gasteiger partial charge on any atom is -0.353 e. The molecule has 0 amide bonds. The SMILES string of the molecule is CSc1nc(C)c(C)c(N2CCN(c3cccc(C#N)n3)CC2)n1. The second-order valence-electron chi connectivity index (χ2n) is 5.71. The third-order valence-corrected chi connectivity index (χ3v) is 4.83. The summed E-state index contributed by atoms with van der Waals surface area (Å²) in [5, 5.41) is 9.82. The number of anilines is 2. The number of piperazine rings is 1. The zero-order valence-electron chi connectivity index (χ0n) is 14.2. The van der Waals surface area contributed by atoms with Crippen molar-refractivity contribution in [3.05, 3.63) is 35.2 Å². The van der Waals surface area contributed by atoms with Gasteiger partial charge in [-0.15, -0.1) is 0 Å². The molecule has 0 atom stereocenters. The Bertz CT molecular complexity index is 777. The first-order valence-electron chi connectivity index (χ1n) is 7.88. The average Bonchev–Trinajstić information content (AvgIpc) is 2.64. The zero-order valence-corrected chi connectivity index (χ0v) is 15.0. The molecule has 2 aromatic rings. The van der Waals surface area contributed by atoms with Crippen LogP contribution in [0.25, 0.3) is 0 Å². The summed E-state index contributed by atoms with van der Waals surface area (Å²) in [7, 11) is 0. The number of aryl methyl sites for hydroxylation is 1. The molecular formula is C17H20N6S. The van der Waals surface area contributed by atoms with E-state index in [4.69, 9.17) is 10.2 Å². The predicted molar refractivity (Wildman–Crippen MR) is 96.7 cm³/mol. The van der Waals surface area contributed by atoms with Gasteiger partial charge in [-0.2, -0.15) is 5.26 Å². The van der Waals surface area contributed by atoms with Crippen molar-refractivity contribution in [2.75, 3.05) is 42.2 Å². The van der Waals surface area contributed by atoms with Gasteiger partial charge in [0.25, 0.3) is 0 Å². The van der Waals surface area contributed by atoms with Crippen LogP contribution in [0.2, 0.25) is 0 Å². The van der Waals surface area contributed by atoms with E-state index in [0.29, 0.717) is 5.69 Å². The van der Waals surface area contributed by atoms with E-state index in [2.05, 4.69) is 32.8 Å². The number of rotatable bonds is 3. The van der Waals surface area contributed by atoms with Crippen LogP contribution in [-0.2, 0) is 0 Å². The minimum absolute atomic E-state index is 0.460. The van der Waals surface area contributed by atoms with Crippen LogP contribution in [0.15, 0.2) is 23.4 Å². The highest BCUT2D eigenvalue weighted by Crippen LogP contribution is 2.25. The first kappa shape index (κ1) is 16.5. The van der Waals surface area contributed by atoms with Crippen LogP contribution in [0.3, 0.4) is 0 Å². The number of pyridine rings is 1. The highest BCUT2D eigenvalue weighted by Gasteiger charge is 2.22. The Morgan fingerprint density at radius 2 is 1.75 bits per heavy atom. The molecule has 0 aliphatic carbocycles. The summed E-state index contributed by atoms with van der Waals surface area (Å²) in [4.78, 5) is 18.1. The van der Waals surface area contributed by atoms with Gasteiger partial charge >= 0.3 is 0 Å². The lowest BCUT2D eigenvalue weighted by Gasteiger charge is -2.36. The maximum absolute atomic E-state index is 9.00. The smallest absolute Gasteiger partial charge is 0.189 e. The Labute approximate surface area is 146 Å². The van der Waals surface area contributed by atoms with Crippen molar-refractivity contribution >= 4 is 23.4 Å². The Morgan fingerprint density at radius 1 is 1.04 bits per heavy atom. The molecule has 0 radical (unpaired) electrons. The predicted octanol–water partition coefficient (Wildman–Crippen LogP) is 2.41. The van der Waals surface area contributed by atoms with E-state index in [0.717, 1.165) is 54.2 Å². The molecule has 7 heteroatoms. The van der Waals surface area contributed by atoms with Crippen molar-refractivity contribution in [2.24, 2.45) is 0 Å². The molecule has 1 saturated heterocycles. The van der Waals surface area contributed by atoms with Gasteiger partial charge in [0.05, 0.1) is 0 Å². The van der Waals surface area contributed by atoms with E-state index in [1.54, 1.807) is 17.8 Å². The molecular weight excluding hydrogens is 320 g/mol. The van der Waals surface area contributed by atoms with Crippen molar-refractivity contribution < 1.29 is 0 Å². The molecule has 24 heavy (non-hydrogen) atoms. The average molecular weight is 340 g/mol. The fourth-order valence-corrected chi connectivity index (χ4v) is 3.20. The molecule has 1 aliphatic heterocycles. The summed E-state index contributed by atoms with van der Waals surface area (Å²) >= 11 is 1.57. The van der Waals surface area contributed by atoms with Gasteiger partial charge in [0, 0.05) is 37.4 Å². The Morgan fingerprint density at radius 3 is 2.42 bits per heavy atom. The van der Waals surface area contributed by atoms with Crippen molar-refractivity contribution in [3.63, 3.8) is 0 Å². The fourth-order valence-electron chi connectivity index (χ4n) is 2.80. The molecule has 0 N–H and O–H groups in total. The molecule has 1 fully saturated rings. The van der Waals surface area contributed by atoms with E-state index in [1.165, 1.54) is 0 Å². The van der Waals surface area contributed by atoms with Crippen molar-refractivity contribution in [1.82, 2.24) is 15.0 Å². The molecule has 3 rings (SSSR count). The lowest BCUT2D eigenvalue weighted by atomic mass is 10.2. The van der Waals surface area contributed by atoms with Gasteiger partial charge < -0.3 is 9.80 Å². The number of nitriles is 1. The first-order chi connectivity index (χ1) is 11.6. The second-order valence-corrected chi connectivity index (χ2v) is 6.48. The summed E-state index contributed by atoms with van der Waals surface area (Å²) in [5.41, 5.74) is 2.64. The number of hydrogen-bond donors (Lipinski definition) is 0. The van der Waals surface area contributed by atoms with E-state index in [1.807, 2.05) is 25.3 Å². The molecule has 0 unspecified atom stereocenters. The van der Waals surface area contributed by atoms with Crippen LogP contribution in [0, 0.1) is 25.2 Å². The minimum atomic E-state index is 0.460. The van der Waals surface area contributed by atoms with Crippen molar-refractivity contribution in [3.8, 4) is 6.07 Å². The Hall–Kier alpha value is -2.33. The van der Waals surface area contributed by atoms with Crippen LogP contribution in [0.5, 0.6) is 0 Å². The van der Waals surface area contributed by atoms with Gasteiger partial charge in [0.1, 0.15) is 23.4 Å². The van der Waals surface area contributed by atoms with Crippen LogP contribution in [0.4, 0.5) is 11.6 Å². The van der Waals surface area contributed by atoms with E-state index < -0.39 is 0 Å². The number of nitrogens with zero attached hydrogens (tertiary/aromatic N) is 6. The van der Waals surface area contributed by atoms with Crippen LogP contribution >= 0.6 is 11.8 Å².